The van der Waals surface area contributed by atoms with E-state index in [1.54, 1.807) is 39.9 Å². The molecule has 8 nitrogen and oxygen atoms in total. The summed E-state index contributed by atoms with van der Waals surface area (Å²) in [5, 5.41) is 0. The first kappa shape index (κ1) is 23.8. The number of esters is 1. The molecular formula is C24H33N3O5. The second-order valence-electron chi connectivity index (χ2n) is 9.68. The van der Waals surface area contributed by atoms with Gasteiger partial charge in [0.1, 0.15) is 11.3 Å². The molecule has 0 aromatic heterocycles. The zero-order valence-electron chi connectivity index (χ0n) is 19.6. The van der Waals surface area contributed by atoms with Gasteiger partial charge in [-0.25, -0.2) is 0 Å². The normalized spacial score (nSPS) is 20.2. The second kappa shape index (κ2) is 8.92. The second-order valence-corrected chi connectivity index (χ2v) is 9.68. The number of ether oxygens (including phenoxy) is 1. The summed E-state index contributed by atoms with van der Waals surface area (Å²) < 4.78 is 5.29. The molecule has 2 aliphatic rings. The fraction of sp³-hybridized carbons (Fsp3) is 0.583. The molecule has 2 heterocycles. The molecule has 1 fully saturated rings. The van der Waals surface area contributed by atoms with Gasteiger partial charge in [-0.3, -0.25) is 24.1 Å². The third kappa shape index (κ3) is 4.79. The van der Waals surface area contributed by atoms with E-state index >= 15 is 0 Å². The SMILES string of the molecule is CN(CCCC(=O)OC(C)(C)C)C(=O)CCN1C(=O)c2ccccc2N2C(=O)CCC12C. The predicted molar refractivity (Wildman–Crippen MR) is 120 cm³/mol. The molecule has 0 spiro atoms. The van der Waals surface area contributed by atoms with Crippen LogP contribution in [0.4, 0.5) is 5.69 Å². The van der Waals surface area contributed by atoms with Crippen LogP contribution in [0.5, 0.6) is 0 Å². The number of carbonyl (C=O) groups is 4. The van der Waals surface area contributed by atoms with Crippen molar-refractivity contribution in [3.8, 4) is 0 Å². The van der Waals surface area contributed by atoms with Gasteiger partial charge in [-0.2, -0.15) is 0 Å². The van der Waals surface area contributed by atoms with E-state index in [-0.39, 0.29) is 43.1 Å². The lowest BCUT2D eigenvalue weighted by Crippen LogP contribution is -2.62. The Bertz CT molecular complexity index is 922. The maximum atomic E-state index is 13.2. The van der Waals surface area contributed by atoms with Crippen LogP contribution in [0.25, 0.3) is 0 Å². The van der Waals surface area contributed by atoms with Crippen molar-refractivity contribution in [2.45, 2.75) is 71.1 Å². The number of rotatable bonds is 7. The monoisotopic (exact) mass is 443 g/mol. The Morgan fingerprint density at radius 1 is 1.16 bits per heavy atom. The molecule has 0 saturated carbocycles. The summed E-state index contributed by atoms with van der Waals surface area (Å²) in [5.74, 6) is -0.562. The molecule has 3 rings (SSSR count). The molecule has 1 saturated heterocycles. The Labute approximate surface area is 189 Å². The van der Waals surface area contributed by atoms with Crippen LogP contribution in [0.15, 0.2) is 24.3 Å². The lowest BCUT2D eigenvalue weighted by Gasteiger charge is -2.48. The first-order valence-electron chi connectivity index (χ1n) is 11.1. The number of anilines is 1. The van der Waals surface area contributed by atoms with Crippen molar-refractivity contribution in [3.63, 3.8) is 0 Å². The van der Waals surface area contributed by atoms with E-state index in [1.165, 1.54) is 0 Å². The molecule has 1 unspecified atom stereocenters. The summed E-state index contributed by atoms with van der Waals surface area (Å²) in [6.45, 7) is 8.00. The number of amides is 3. The molecule has 0 N–H and O–H groups in total. The average Bonchev–Trinajstić information content (AvgIpc) is 3.01. The van der Waals surface area contributed by atoms with Crippen LogP contribution in [0.3, 0.4) is 0 Å². The van der Waals surface area contributed by atoms with Gasteiger partial charge in [0, 0.05) is 39.4 Å². The number of nitrogens with zero attached hydrogens (tertiary/aromatic N) is 3. The van der Waals surface area contributed by atoms with Gasteiger partial charge in [0.05, 0.1) is 11.3 Å². The van der Waals surface area contributed by atoms with Crippen LogP contribution in [0.1, 0.15) is 70.2 Å². The van der Waals surface area contributed by atoms with Crippen LogP contribution >= 0.6 is 0 Å². The van der Waals surface area contributed by atoms with Crippen molar-refractivity contribution >= 4 is 29.4 Å². The highest BCUT2D eigenvalue weighted by Crippen LogP contribution is 2.43. The molecular weight excluding hydrogens is 410 g/mol. The molecule has 174 valence electrons. The highest BCUT2D eigenvalue weighted by Gasteiger charge is 2.52. The van der Waals surface area contributed by atoms with Crippen molar-refractivity contribution in [3.05, 3.63) is 29.8 Å². The van der Waals surface area contributed by atoms with Crippen molar-refractivity contribution in [2.75, 3.05) is 25.0 Å². The fourth-order valence-corrected chi connectivity index (χ4v) is 4.42. The minimum Gasteiger partial charge on any atom is -0.460 e. The standard InChI is InChI=1S/C24H33N3O5/c1-23(2,3)32-21(30)11-8-15-25(5)19(28)13-16-26-22(31)17-9-6-7-10-18(17)27-20(29)12-14-24(26,27)4/h6-7,9-10H,8,11-16H2,1-5H3. The minimum absolute atomic E-state index is 0.0111. The van der Waals surface area contributed by atoms with Crippen molar-refractivity contribution < 1.29 is 23.9 Å². The van der Waals surface area contributed by atoms with E-state index in [1.807, 2.05) is 33.8 Å². The first-order valence-corrected chi connectivity index (χ1v) is 11.1. The molecule has 1 atom stereocenters. The van der Waals surface area contributed by atoms with Crippen LogP contribution in [-0.2, 0) is 19.1 Å². The van der Waals surface area contributed by atoms with Gasteiger partial charge in [-0.05, 0) is 52.7 Å². The average molecular weight is 444 g/mol. The lowest BCUT2D eigenvalue weighted by molar-refractivity contribution is -0.155. The molecule has 0 radical (unpaired) electrons. The van der Waals surface area contributed by atoms with Gasteiger partial charge >= 0.3 is 5.97 Å². The summed E-state index contributed by atoms with van der Waals surface area (Å²) in [7, 11) is 1.69. The minimum atomic E-state index is -0.766. The number of hydrogen-bond acceptors (Lipinski definition) is 5. The van der Waals surface area contributed by atoms with Crippen LogP contribution < -0.4 is 4.90 Å². The third-order valence-electron chi connectivity index (χ3n) is 6.02. The largest absolute Gasteiger partial charge is 0.460 e. The van der Waals surface area contributed by atoms with Gasteiger partial charge < -0.3 is 14.5 Å². The predicted octanol–water partition coefficient (Wildman–Crippen LogP) is 2.96. The van der Waals surface area contributed by atoms with Gasteiger partial charge in [0.25, 0.3) is 5.91 Å². The van der Waals surface area contributed by atoms with E-state index in [0.29, 0.717) is 37.1 Å². The van der Waals surface area contributed by atoms with Gasteiger partial charge in [-0.15, -0.1) is 0 Å². The molecule has 0 bridgehead atoms. The number of carbonyl (C=O) groups excluding carboxylic acids is 4. The molecule has 0 aliphatic carbocycles. The van der Waals surface area contributed by atoms with Crippen LogP contribution in [0, 0.1) is 0 Å². The molecule has 2 aliphatic heterocycles. The summed E-state index contributed by atoms with van der Waals surface area (Å²) in [4.78, 5) is 55.3. The Morgan fingerprint density at radius 3 is 2.53 bits per heavy atom. The molecule has 1 aromatic carbocycles. The summed E-state index contributed by atoms with van der Waals surface area (Å²) >= 11 is 0. The van der Waals surface area contributed by atoms with Crippen molar-refractivity contribution in [2.24, 2.45) is 0 Å². The topological polar surface area (TPSA) is 87.2 Å². The number of benzene rings is 1. The Morgan fingerprint density at radius 2 is 1.84 bits per heavy atom. The maximum Gasteiger partial charge on any atom is 0.306 e. The van der Waals surface area contributed by atoms with E-state index in [9.17, 15) is 19.2 Å². The van der Waals surface area contributed by atoms with Crippen LogP contribution in [-0.4, -0.2) is 64.9 Å². The summed E-state index contributed by atoms with van der Waals surface area (Å²) in [6, 6.07) is 7.13. The number of para-hydroxylation sites is 1. The highest BCUT2D eigenvalue weighted by molar-refractivity contribution is 6.10. The quantitative estimate of drug-likeness (QED) is 0.605. The molecule has 8 heteroatoms. The number of hydrogen-bond donors (Lipinski definition) is 0. The van der Waals surface area contributed by atoms with E-state index in [4.69, 9.17) is 4.74 Å². The Kier molecular flexibility index (Phi) is 6.62. The lowest BCUT2D eigenvalue weighted by atomic mass is 9.98. The van der Waals surface area contributed by atoms with Gasteiger partial charge in [-0.1, -0.05) is 12.1 Å². The molecule has 32 heavy (non-hydrogen) atoms. The molecule has 1 aromatic rings. The van der Waals surface area contributed by atoms with Crippen molar-refractivity contribution in [1.29, 1.82) is 0 Å². The third-order valence-corrected chi connectivity index (χ3v) is 6.02. The maximum absolute atomic E-state index is 13.2. The first-order chi connectivity index (χ1) is 14.9. The van der Waals surface area contributed by atoms with Crippen molar-refractivity contribution in [1.82, 2.24) is 9.80 Å². The molecule has 3 amide bonds. The zero-order valence-corrected chi connectivity index (χ0v) is 19.6. The summed E-state index contributed by atoms with van der Waals surface area (Å²) in [6.07, 6.45) is 1.80. The van der Waals surface area contributed by atoms with Gasteiger partial charge in [0.2, 0.25) is 11.8 Å². The Hall–Kier alpha value is -2.90. The summed E-state index contributed by atoms with van der Waals surface area (Å²) in [5.41, 5.74) is -0.162. The fourth-order valence-electron chi connectivity index (χ4n) is 4.42. The number of fused-ring (bicyclic) bond motifs is 3. The van der Waals surface area contributed by atoms with Gasteiger partial charge in [0.15, 0.2) is 0 Å². The van der Waals surface area contributed by atoms with E-state index < -0.39 is 11.3 Å². The zero-order chi connectivity index (χ0) is 23.7. The Balaban J connectivity index is 1.60. The van der Waals surface area contributed by atoms with E-state index in [2.05, 4.69) is 0 Å². The smallest absolute Gasteiger partial charge is 0.306 e. The van der Waals surface area contributed by atoms with Crippen LogP contribution in [0.2, 0.25) is 0 Å². The highest BCUT2D eigenvalue weighted by atomic mass is 16.6. The van der Waals surface area contributed by atoms with E-state index in [0.717, 1.165) is 0 Å².